The minimum atomic E-state index is -1.41. The highest BCUT2D eigenvalue weighted by atomic mass is 32.2. The van der Waals surface area contributed by atoms with E-state index >= 15 is 0 Å². The molecule has 5 atom stereocenters. The summed E-state index contributed by atoms with van der Waals surface area (Å²) < 4.78 is 12.3. The molecule has 2 saturated heterocycles. The van der Waals surface area contributed by atoms with Gasteiger partial charge >= 0.3 is 11.9 Å². The van der Waals surface area contributed by atoms with Crippen molar-refractivity contribution in [3.05, 3.63) is 35.9 Å². The summed E-state index contributed by atoms with van der Waals surface area (Å²) in [6.45, 7) is 0. The summed E-state index contributed by atoms with van der Waals surface area (Å²) >= 11 is 0. The summed E-state index contributed by atoms with van der Waals surface area (Å²) in [5, 5.41) is 21.3. The molecule has 28 heavy (non-hydrogen) atoms. The zero-order chi connectivity index (χ0) is 20.3. The molecule has 0 spiro atoms. The van der Waals surface area contributed by atoms with Gasteiger partial charge in [0.1, 0.15) is 17.5 Å². The van der Waals surface area contributed by atoms with E-state index in [1.807, 2.05) is 30.3 Å². The smallest absolute Gasteiger partial charge is 0.327 e. The number of carbonyl (C=O) groups excluding carboxylic acids is 1. The highest BCUT2D eigenvalue weighted by molar-refractivity contribution is 7.86. The largest absolute Gasteiger partial charge is 0.480 e. The van der Waals surface area contributed by atoms with Crippen LogP contribution in [0.5, 0.6) is 0 Å². The Labute approximate surface area is 165 Å². The number of hydrogen-bond donors (Lipinski definition) is 3. The van der Waals surface area contributed by atoms with E-state index in [2.05, 4.69) is 5.32 Å². The Morgan fingerprint density at radius 1 is 1.21 bits per heavy atom. The first kappa shape index (κ1) is 20.5. The number of fused-ring (bicyclic) bond motifs is 1. The van der Waals surface area contributed by atoms with Crippen LogP contribution < -0.4 is 5.32 Å². The minimum absolute atomic E-state index is 0.0746. The van der Waals surface area contributed by atoms with Gasteiger partial charge in [-0.05, 0) is 37.7 Å². The summed E-state index contributed by atoms with van der Waals surface area (Å²) in [7, 11) is -1.41. The van der Waals surface area contributed by atoms with Gasteiger partial charge in [0.25, 0.3) is 0 Å². The van der Waals surface area contributed by atoms with Gasteiger partial charge in [-0.25, -0.2) is 4.79 Å². The van der Waals surface area contributed by atoms with Crippen molar-refractivity contribution in [3.63, 3.8) is 0 Å². The fraction of sp³-hybridized carbons (Fsp3) is 0.526. The predicted molar refractivity (Wildman–Crippen MR) is 102 cm³/mol. The maximum atomic E-state index is 13.0. The fourth-order valence-electron chi connectivity index (χ4n) is 3.86. The maximum Gasteiger partial charge on any atom is 0.327 e. The van der Waals surface area contributed by atoms with Gasteiger partial charge in [-0.15, -0.1) is 0 Å². The van der Waals surface area contributed by atoms with E-state index in [1.54, 1.807) is 0 Å². The number of carboxylic acids is 2. The van der Waals surface area contributed by atoms with Gasteiger partial charge < -0.3 is 15.1 Å². The van der Waals surface area contributed by atoms with Gasteiger partial charge in [-0.3, -0.25) is 19.1 Å². The van der Waals surface area contributed by atoms with E-state index in [0.29, 0.717) is 32.1 Å². The molecule has 2 aliphatic heterocycles. The van der Waals surface area contributed by atoms with Crippen molar-refractivity contribution in [3.8, 4) is 0 Å². The van der Waals surface area contributed by atoms with Crippen LogP contribution in [-0.4, -0.2) is 66.4 Å². The second-order valence-electron chi connectivity index (χ2n) is 7.17. The molecular weight excluding hydrogens is 384 g/mol. The third-order valence-electron chi connectivity index (χ3n) is 5.32. The van der Waals surface area contributed by atoms with E-state index in [-0.39, 0.29) is 5.75 Å². The summed E-state index contributed by atoms with van der Waals surface area (Å²) in [5.74, 6) is -2.77. The molecule has 1 aromatic carbocycles. The first-order valence-corrected chi connectivity index (χ1v) is 10.7. The Bertz CT molecular complexity index is 771. The standard InChI is InChI=1S/C19H24N2O6S/c22-17-13(7-4-8-16-21(17)15(19(25)26)11-28(16)27)20-14(18(23)24)10-9-12-5-2-1-3-6-12/h1-3,5-6,13-16,20H,4,7-11H2,(H,23,24)(H,25,26). The van der Waals surface area contributed by atoms with Crippen molar-refractivity contribution in [1.29, 1.82) is 0 Å². The lowest BCUT2D eigenvalue weighted by atomic mass is 10.0. The van der Waals surface area contributed by atoms with E-state index in [9.17, 15) is 28.8 Å². The Hall–Kier alpha value is -2.26. The van der Waals surface area contributed by atoms with E-state index < -0.39 is 52.1 Å². The SMILES string of the molecule is O=C(O)C(CCc1ccccc1)NC1CCCC2N(C1=O)C(C(=O)O)CS2=O. The molecule has 0 bridgehead atoms. The van der Waals surface area contributed by atoms with Crippen LogP contribution in [0.2, 0.25) is 0 Å². The highest BCUT2D eigenvalue weighted by Crippen LogP contribution is 2.29. The number of aliphatic carboxylic acids is 2. The van der Waals surface area contributed by atoms with Crippen molar-refractivity contribution >= 4 is 28.6 Å². The van der Waals surface area contributed by atoms with Crippen molar-refractivity contribution in [1.82, 2.24) is 10.2 Å². The molecule has 8 nitrogen and oxygen atoms in total. The average Bonchev–Trinajstić information content (AvgIpc) is 2.91. The molecule has 3 N–H and O–H groups in total. The van der Waals surface area contributed by atoms with Crippen molar-refractivity contribution in [2.75, 3.05) is 5.75 Å². The Morgan fingerprint density at radius 2 is 1.93 bits per heavy atom. The zero-order valence-electron chi connectivity index (χ0n) is 15.3. The quantitative estimate of drug-likeness (QED) is 0.603. The molecule has 3 rings (SSSR count). The average molecular weight is 408 g/mol. The fourth-order valence-corrected chi connectivity index (χ4v) is 5.63. The topological polar surface area (TPSA) is 124 Å². The van der Waals surface area contributed by atoms with Crippen LogP contribution in [0, 0.1) is 0 Å². The molecule has 0 saturated carbocycles. The molecular formula is C19H24N2O6S. The molecule has 2 heterocycles. The molecule has 1 amide bonds. The lowest BCUT2D eigenvalue weighted by molar-refractivity contribution is -0.150. The maximum absolute atomic E-state index is 13.0. The molecule has 1 aromatic rings. The molecule has 5 unspecified atom stereocenters. The monoisotopic (exact) mass is 408 g/mol. The first-order chi connectivity index (χ1) is 13.4. The lowest BCUT2D eigenvalue weighted by Crippen LogP contribution is -2.55. The third-order valence-corrected chi connectivity index (χ3v) is 7.03. The summed E-state index contributed by atoms with van der Waals surface area (Å²) in [4.78, 5) is 37.4. The van der Waals surface area contributed by atoms with E-state index in [1.165, 1.54) is 4.90 Å². The van der Waals surface area contributed by atoms with Crippen LogP contribution in [0.4, 0.5) is 0 Å². The molecule has 0 radical (unpaired) electrons. The molecule has 9 heteroatoms. The van der Waals surface area contributed by atoms with Crippen LogP contribution in [-0.2, 0) is 31.6 Å². The summed E-state index contributed by atoms with van der Waals surface area (Å²) in [6.07, 6.45) is 2.28. The van der Waals surface area contributed by atoms with Gasteiger partial charge in [0.2, 0.25) is 5.91 Å². The highest BCUT2D eigenvalue weighted by Gasteiger charge is 2.48. The molecule has 0 aromatic heterocycles. The van der Waals surface area contributed by atoms with Gasteiger partial charge in [0.15, 0.2) is 0 Å². The Kier molecular flexibility index (Phi) is 6.46. The normalized spacial score (nSPS) is 28.4. The molecule has 2 fully saturated rings. The van der Waals surface area contributed by atoms with Crippen LogP contribution in [0.15, 0.2) is 30.3 Å². The van der Waals surface area contributed by atoms with Crippen LogP contribution in [0.1, 0.15) is 31.2 Å². The second-order valence-corrected chi connectivity index (χ2v) is 8.81. The van der Waals surface area contributed by atoms with Crippen LogP contribution in [0.25, 0.3) is 0 Å². The number of rotatable bonds is 7. The number of nitrogens with zero attached hydrogens (tertiary/aromatic N) is 1. The van der Waals surface area contributed by atoms with Gasteiger partial charge in [-0.2, -0.15) is 0 Å². The van der Waals surface area contributed by atoms with Crippen LogP contribution in [0.3, 0.4) is 0 Å². The third kappa shape index (κ3) is 4.41. The van der Waals surface area contributed by atoms with Gasteiger partial charge in [-0.1, -0.05) is 30.3 Å². The zero-order valence-corrected chi connectivity index (χ0v) is 16.1. The van der Waals surface area contributed by atoms with Gasteiger partial charge in [0.05, 0.1) is 11.8 Å². The van der Waals surface area contributed by atoms with Crippen molar-refractivity contribution < 1.29 is 28.8 Å². The van der Waals surface area contributed by atoms with Crippen molar-refractivity contribution in [2.24, 2.45) is 0 Å². The number of aryl methyl sites for hydroxylation is 1. The Morgan fingerprint density at radius 3 is 2.57 bits per heavy atom. The second kappa shape index (κ2) is 8.83. The minimum Gasteiger partial charge on any atom is -0.480 e. The molecule has 0 aliphatic carbocycles. The predicted octanol–water partition coefficient (Wildman–Crippen LogP) is 0.585. The Balaban J connectivity index is 1.72. The van der Waals surface area contributed by atoms with E-state index in [0.717, 1.165) is 5.56 Å². The first-order valence-electron chi connectivity index (χ1n) is 9.33. The molecule has 152 valence electrons. The number of carboxylic acid groups (broad SMARTS) is 2. The summed E-state index contributed by atoms with van der Waals surface area (Å²) in [6, 6.07) is 6.64. The lowest BCUT2D eigenvalue weighted by Gasteiger charge is -2.29. The van der Waals surface area contributed by atoms with Crippen LogP contribution >= 0.6 is 0 Å². The number of nitrogens with one attached hydrogen (secondary N) is 1. The van der Waals surface area contributed by atoms with Crippen molar-refractivity contribution in [2.45, 2.75) is 55.6 Å². The molecule has 2 aliphatic rings. The number of benzene rings is 1. The number of carbonyl (C=O) groups is 3. The summed E-state index contributed by atoms with van der Waals surface area (Å²) in [5.41, 5.74) is 1.00. The number of hydrogen-bond acceptors (Lipinski definition) is 5. The van der Waals surface area contributed by atoms with Gasteiger partial charge in [0, 0.05) is 10.8 Å². The van der Waals surface area contributed by atoms with E-state index in [4.69, 9.17) is 0 Å². The number of amides is 1.